The molecular weight excluding hydrogens is 422 g/mol. The number of nitrogens with zero attached hydrogens (tertiary/aromatic N) is 1. The molecule has 3 N–H and O–H groups in total. The second kappa shape index (κ2) is 10.4. The van der Waals surface area contributed by atoms with E-state index in [0.29, 0.717) is 17.5 Å². The van der Waals surface area contributed by atoms with Crippen molar-refractivity contribution in [2.24, 2.45) is 5.92 Å². The van der Waals surface area contributed by atoms with Crippen LogP contribution in [0, 0.1) is 5.92 Å². The van der Waals surface area contributed by atoms with E-state index in [9.17, 15) is 4.79 Å². The van der Waals surface area contributed by atoms with Crippen molar-refractivity contribution in [3.8, 4) is 0 Å². The molecule has 2 fully saturated rings. The first-order valence-corrected chi connectivity index (χ1v) is 12.3. The first-order valence-electron chi connectivity index (χ1n) is 12.3. The maximum absolute atomic E-state index is 11.0. The molecule has 1 heterocycles. The van der Waals surface area contributed by atoms with E-state index < -0.39 is 5.97 Å². The highest BCUT2D eigenvalue weighted by Crippen LogP contribution is 2.41. The Morgan fingerprint density at radius 3 is 2.24 bits per heavy atom. The summed E-state index contributed by atoms with van der Waals surface area (Å²) in [6, 6.07) is 27.1. The van der Waals surface area contributed by atoms with Crippen molar-refractivity contribution in [2.45, 2.75) is 37.8 Å². The average Bonchev–Trinajstić information content (AvgIpc) is 3.65. The van der Waals surface area contributed by atoms with Crippen LogP contribution in [0.3, 0.4) is 0 Å². The Morgan fingerprint density at radius 1 is 0.882 bits per heavy atom. The largest absolute Gasteiger partial charge is 0.478 e. The highest BCUT2D eigenvalue weighted by Gasteiger charge is 2.38. The van der Waals surface area contributed by atoms with Crippen molar-refractivity contribution in [1.82, 2.24) is 10.2 Å². The lowest BCUT2D eigenvalue weighted by Gasteiger charge is -2.32. The van der Waals surface area contributed by atoms with Gasteiger partial charge in [0, 0.05) is 29.9 Å². The SMILES string of the molecule is O=C(O)c1ccc(CN2CCC(CNC3CC3c3ccc(Nc4ccccc4)cc3)CC2)cc1. The van der Waals surface area contributed by atoms with Gasteiger partial charge in [0.25, 0.3) is 0 Å². The van der Waals surface area contributed by atoms with Gasteiger partial charge in [-0.3, -0.25) is 4.90 Å². The Kier molecular flexibility index (Phi) is 6.93. The Hall–Kier alpha value is -3.15. The molecule has 0 aromatic heterocycles. The topological polar surface area (TPSA) is 64.6 Å². The second-order valence-corrected chi connectivity index (χ2v) is 9.69. The van der Waals surface area contributed by atoms with Gasteiger partial charge in [0.2, 0.25) is 0 Å². The molecule has 0 amide bonds. The van der Waals surface area contributed by atoms with E-state index in [1.165, 1.54) is 30.4 Å². The lowest BCUT2D eigenvalue weighted by Crippen LogP contribution is -2.37. The van der Waals surface area contributed by atoms with Gasteiger partial charge in [0.1, 0.15) is 0 Å². The van der Waals surface area contributed by atoms with Crippen LogP contribution in [-0.2, 0) is 6.54 Å². The summed E-state index contributed by atoms with van der Waals surface area (Å²) < 4.78 is 0. The van der Waals surface area contributed by atoms with E-state index in [-0.39, 0.29) is 0 Å². The van der Waals surface area contributed by atoms with E-state index in [4.69, 9.17) is 5.11 Å². The molecule has 2 atom stereocenters. The summed E-state index contributed by atoms with van der Waals surface area (Å²) in [6.45, 7) is 4.23. The lowest BCUT2D eigenvalue weighted by atomic mass is 9.96. The minimum Gasteiger partial charge on any atom is -0.478 e. The van der Waals surface area contributed by atoms with Gasteiger partial charge >= 0.3 is 5.97 Å². The molecule has 176 valence electrons. The van der Waals surface area contributed by atoms with E-state index in [1.54, 1.807) is 12.1 Å². The Labute approximate surface area is 201 Å². The number of nitrogens with one attached hydrogen (secondary N) is 2. The van der Waals surface area contributed by atoms with Crippen LogP contribution in [0.15, 0.2) is 78.9 Å². The van der Waals surface area contributed by atoms with Crippen LogP contribution in [0.4, 0.5) is 11.4 Å². The molecule has 0 bridgehead atoms. The van der Waals surface area contributed by atoms with E-state index in [1.807, 2.05) is 30.3 Å². The molecule has 2 unspecified atom stereocenters. The zero-order chi connectivity index (χ0) is 23.3. The van der Waals surface area contributed by atoms with Crippen LogP contribution < -0.4 is 10.6 Å². The zero-order valence-electron chi connectivity index (χ0n) is 19.5. The van der Waals surface area contributed by atoms with Crippen molar-refractivity contribution in [3.05, 3.63) is 95.6 Å². The molecule has 5 nitrogen and oxygen atoms in total. The fraction of sp³-hybridized carbons (Fsp3) is 0.345. The summed E-state index contributed by atoms with van der Waals surface area (Å²) in [5, 5.41) is 16.3. The zero-order valence-corrected chi connectivity index (χ0v) is 19.5. The summed E-state index contributed by atoms with van der Waals surface area (Å²) in [7, 11) is 0. The number of piperidine rings is 1. The number of carboxylic acids is 1. The Morgan fingerprint density at radius 2 is 1.56 bits per heavy atom. The monoisotopic (exact) mass is 455 g/mol. The van der Waals surface area contributed by atoms with Gasteiger partial charge in [-0.25, -0.2) is 4.79 Å². The van der Waals surface area contributed by atoms with Crippen molar-refractivity contribution in [3.63, 3.8) is 0 Å². The number of hydrogen-bond acceptors (Lipinski definition) is 4. The van der Waals surface area contributed by atoms with Gasteiger partial charge in [0.15, 0.2) is 0 Å². The molecule has 3 aromatic carbocycles. The normalized spacial score (nSPS) is 20.7. The van der Waals surface area contributed by atoms with Gasteiger partial charge in [-0.2, -0.15) is 0 Å². The molecule has 3 aromatic rings. The molecule has 1 aliphatic carbocycles. The van der Waals surface area contributed by atoms with Gasteiger partial charge in [0.05, 0.1) is 5.56 Å². The smallest absolute Gasteiger partial charge is 0.335 e. The predicted octanol–water partition coefficient (Wildman–Crippen LogP) is 5.49. The summed E-state index contributed by atoms with van der Waals surface area (Å²) in [5.74, 6) is 0.513. The summed E-state index contributed by atoms with van der Waals surface area (Å²) in [4.78, 5) is 13.5. The fourth-order valence-electron chi connectivity index (χ4n) is 4.97. The van der Waals surface area contributed by atoms with Crippen LogP contribution in [0.2, 0.25) is 0 Å². The Bertz CT molecular complexity index is 1070. The van der Waals surface area contributed by atoms with Crippen LogP contribution in [-0.4, -0.2) is 41.7 Å². The quantitative estimate of drug-likeness (QED) is 0.398. The molecule has 1 saturated heterocycles. The van der Waals surface area contributed by atoms with Crippen LogP contribution in [0.5, 0.6) is 0 Å². The highest BCUT2D eigenvalue weighted by atomic mass is 16.4. The van der Waals surface area contributed by atoms with Crippen LogP contribution in [0.1, 0.15) is 46.7 Å². The molecule has 1 saturated carbocycles. The summed E-state index contributed by atoms with van der Waals surface area (Å²) in [5.41, 5.74) is 5.21. The summed E-state index contributed by atoms with van der Waals surface area (Å²) >= 11 is 0. The van der Waals surface area contributed by atoms with Crippen molar-refractivity contribution in [1.29, 1.82) is 0 Å². The van der Waals surface area contributed by atoms with Gasteiger partial charge in [-0.15, -0.1) is 0 Å². The van der Waals surface area contributed by atoms with E-state index >= 15 is 0 Å². The van der Waals surface area contributed by atoms with E-state index in [0.717, 1.165) is 43.5 Å². The van der Waals surface area contributed by atoms with Crippen LogP contribution >= 0.6 is 0 Å². The second-order valence-electron chi connectivity index (χ2n) is 9.69. The summed E-state index contributed by atoms with van der Waals surface area (Å²) in [6.07, 6.45) is 3.67. The van der Waals surface area contributed by atoms with Crippen molar-refractivity contribution < 1.29 is 9.90 Å². The molecule has 0 spiro atoms. The van der Waals surface area contributed by atoms with Gasteiger partial charge in [-0.05, 0) is 92.3 Å². The third kappa shape index (κ3) is 5.85. The number of carbonyl (C=O) groups is 1. The van der Waals surface area contributed by atoms with Crippen molar-refractivity contribution in [2.75, 3.05) is 25.0 Å². The average molecular weight is 456 g/mol. The van der Waals surface area contributed by atoms with Crippen LogP contribution in [0.25, 0.3) is 0 Å². The number of para-hydroxylation sites is 1. The molecule has 2 aliphatic rings. The van der Waals surface area contributed by atoms with Crippen molar-refractivity contribution >= 4 is 17.3 Å². The minimum atomic E-state index is -0.866. The Balaban J connectivity index is 1.02. The molecule has 5 heteroatoms. The highest BCUT2D eigenvalue weighted by molar-refractivity contribution is 5.87. The molecule has 1 aliphatic heterocycles. The number of rotatable bonds is 9. The first kappa shape index (κ1) is 22.6. The number of likely N-dealkylation sites (tertiary alicyclic amines) is 1. The molecule has 34 heavy (non-hydrogen) atoms. The maximum atomic E-state index is 11.0. The number of aromatic carboxylic acids is 1. The first-order chi connectivity index (χ1) is 16.6. The number of anilines is 2. The standard InChI is InChI=1S/C29H33N3O2/c33-29(34)24-8-6-22(7-9-24)20-32-16-14-21(15-17-32)19-30-28-18-27(28)23-10-12-26(13-11-23)31-25-4-2-1-3-5-25/h1-13,21,27-28,30-31H,14-20H2,(H,33,34). The third-order valence-corrected chi connectivity index (χ3v) is 7.17. The molecule has 5 rings (SSSR count). The molecule has 0 radical (unpaired) electrons. The minimum absolute atomic E-state index is 0.353. The van der Waals surface area contributed by atoms with Gasteiger partial charge < -0.3 is 15.7 Å². The number of hydrogen-bond donors (Lipinski definition) is 3. The molecular formula is C29H33N3O2. The lowest BCUT2D eigenvalue weighted by molar-refractivity contribution is 0.0697. The van der Waals surface area contributed by atoms with E-state index in [2.05, 4.69) is 51.9 Å². The predicted molar refractivity (Wildman–Crippen MR) is 137 cm³/mol. The number of benzene rings is 3. The number of carboxylic acid groups (broad SMARTS) is 1. The maximum Gasteiger partial charge on any atom is 0.335 e. The fourth-order valence-corrected chi connectivity index (χ4v) is 4.97. The third-order valence-electron chi connectivity index (χ3n) is 7.17. The van der Waals surface area contributed by atoms with Gasteiger partial charge in [-0.1, -0.05) is 42.5 Å².